The summed E-state index contributed by atoms with van der Waals surface area (Å²) in [4.78, 5) is 33.9. The van der Waals surface area contributed by atoms with Crippen molar-refractivity contribution in [2.24, 2.45) is 0 Å². The molecule has 160 valence electrons. The van der Waals surface area contributed by atoms with E-state index in [9.17, 15) is 19.7 Å². The fourth-order valence-electron chi connectivity index (χ4n) is 2.27. The molecule has 1 N–H and O–H groups in total. The predicted molar refractivity (Wildman–Crippen MR) is 109 cm³/mol. The van der Waals surface area contributed by atoms with Gasteiger partial charge in [0.2, 0.25) is 0 Å². The molecule has 0 aliphatic heterocycles. The average Bonchev–Trinajstić information content (AvgIpc) is 2.74. The molecule has 0 fully saturated rings. The van der Waals surface area contributed by atoms with E-state index >= 15 is 0 Å². The number of nitrogens with one attached hydrogen (secondary N) is 1. The van der Waals surface area contributed by atoms with Gasteiger partial charge in [0.25, 0.3) is 11.6 Å². The van der Waals surface area contributed by atoms with Crippen molar-refractivity contribution in [3.63, 3.8) is 0 Å². The van der Waals surface area contributed by atoms with Gasteiger partial charge in [-0.3, -0.25) is 19.7 Å². The number of nitrogens with zero attached hydrogens (tertiary/aromatic N) is 1. The summed E-state index contributed by atoms with van der Waals surface area (Å²) >= 11 is 5.70. The number of hydrogen-bond acceptors (Lipinski definition) is 7. The minimum atomic E-state index is -0.695. The molecule has 0 aliphatic rings. The summed E-state index contributed by atoms with van der Waals surface area (Å²) in [6.07, 6.45) is 0.920. The molecule has 2 aromatic carbocycles. The van der Waals surface area contributed by atoms with E-state index in [1.54, 1.807) is 24.3 Å². The quantitative estimate of drug-likeness (QED) is 0.248. The molecule has 0 saturated carbocycles. The normalized spacial score (nSPS) is 10.2. The van der Waals surface area contributed by atoms with Crippen molar-refractivity contribution in [1.82, 2.24) is 5.32 Å². The van der Waals surface area contributed by atoms with Gasteiger partial charge in [-0.05, 0) is 42.8 Å². The summed E-state index contributed by atoms with van der Waals surface area (Å²) in [7, 11) is 0. The van der Waals surface area contributed by atoms with Crippen molar-refractivity contribution in [2.45, 2.75) is 13.3 Å². The lowest BCUT2D eigenvalue weighted by Crippen LogP contribution is -2.31. The van der Waals surface area contributed by atoms with E-state index in [0.29, 0.717) is 12.4 Å². The van der Waals surface area contributed by atoms with Crippen LogP contribution in [0.2, 0.25) is 5.02 Å². The van der Waals surface area contributed by atoms with E-state index in [0.717, 1.165) is 18.2 Å². The molecule has 10 heteroatoms. The molecule has 0 aliphatic carbocycles. The Morgan fingerprint density at radius 2 is 1.67 bits per heavy atom. The van der Waals surface area contributed by atoms with Gasteiger partial charge in [-0.1, -0.05) is 18.5 Å². The van der Waals surface area contributed by atoms with Crippen molar-refractivity contribution in [1.29, 1.82) is 0 Å². The predicted octanol–water partition coefficient (Wildman–Crippen LogP) is 3.39. The standard InChI is InChI=1S/C20H21ClN2O7/c1-2-9-28-15-4-6-16(7-5-15)29-10-11-30-19(24)13-22-20(25)14-3-8-17(21)18(12-14)23(26)27/h3-8,12H,2,9-11,13H2,1H3,(H,22,25). The minimum absolute atomic E-state index is 0.00476. The zero-order valence-corrected chi connectivity index (χ0v) is 17.0. The Morgan fingerprint density at radius 1 is 1.03 bits per heavy atom. The van der Waals surface area contributed by atoms with E-state index in [-0.39, 0.29) is 23.8 Å². The van der Waals surface area contributed by atoms with Gasteiger partial charge in [0.1, 0.15) is 36.3 Å². The lowest BCUT2D eigenvalue weighted by molar-refractivity contribution is -0.384. The smallest absolute Gasteiger partial charge is 0.325 e. The van der Waals surface area contributed by atoms with E-state index in [4.69, 9.17) is 25.8 Å². The second-order valence-electron chi connectivity index (χ2n) is 5.99. The van der Waals surface area contributed by atoms with Crippen LogP contribution >= 0.6 is 11.6 Å². The molecule has 0 saturated heterocycles. The molecule has 0 radical (unpaired) electrons. The minimum Gasteiger partial charge on any atom is -0.494 e. The first kappa shape index (κ1) is 23.0. The molecule has 9 nitrogen and oxygen atoms in total. The first-order valence-corrected chi connectivity index (χ1v) is 9.52. The lowest BCUT2D eigenvalue weighted by Gasteiger charge is -2.09. The molecular weight excluding hydrogens is 416 g/mol. The molecular formula is C20H21ClN2O7. The Bertz CT molecular complexity index is 887. The fraction of sp³-hybridized carbons (Fsp3) is 0.300. The monoisotopic (exact) mass is 436 g/mol. The summed E-state index contributed by atoms with van der Waals surface area (Å²) in [6, 6.07) is 10.7. The number of amides is 1. The first-order valence-electron chi connectivity index (χ1n) is 9.14. The molecule has 0 spiro atoms. The summed E-state index contributed by atoms with van der Waals surface area (Å²) in [5.74, 6) is 0.0250. The maximum absolute atomic E-state index is 12.0. The van der Waals surface area contributed by atoms with E-state index in [2.05, 4.69) is 5.32 Å². The molecule has 0 heterocycles. The summed E-state index contributed by atoms with van der Waals surface area (Å²) in [6.45, 7) is 2.40. The van der Waals surface area contributed by atoms with Gasteiger partial charge in [0, 0.05) is 11.6 Å². The third kappa shape index (κ3) is 7.25. The van der Waals surface area contributed by atoms with Crippen LogP contribution in [0, 0.1) is 10.1 Å². The Hall–Kier alpha value is -3.33. The SMILES string of the molecule is CCCOc1ccc(OCCOC(=O)CNC(=O)c2ccc(Cl)c([N+](=O)[O-])c2)cc1. The average molecular weight is 437 g/mol. The highest BCUT2D eigenvalue weighted by molar-refractivity contribution is 6.32. The first-order chi connectivity index (χ1) is 14.4. The van der Waals surface area contributed by atoms with Gasteiger partial charge < -0.3 is 19.5 Å². The van der Waals surface area contributed by atoms with Crippen LogP contribution in [0.25, 0.3) is 0 Å². The third-order valence-electron chi connectivity index (χ3n) is 3.71. The summed E-state index contributed by atoms with van der Waals surface area (Å²) < 4.78 is 15.9. The molecule has 0 aromatic heterocycles. The zero-order valence-electron chi connectivity index (χ0n) is 16.3. The van der Waals surface area contributed by atoms with Crippen molar-refractivity contribution >= 4 is 29.2 Å². The highest BCUT2D eigenvalue weighted by atomic mass is 35.5. The van der Waals surface area contributed by atoms with Crippen LogP contribution < -0.4 is 14.8 Å². The van der Waals surface area contributed by atoms with Crippen LogP contribution in [0.4, 0.5) is 5.69 Å². The number of benzene rings is 2. The highest BCUT2D eigenvalue weighted by Crippen LogP contribution is 2.25. The summed E-state index contributed by atoms with van der Waals surface area (Å²) in [5, 5.41) is 13.1. The number of nitro groups is 1. The number of halogens is 1. The van der Waals surface area contributed by atoms with Gasteiger partial charge >= 0.3 is 5.97 Å². The Kier molecular flexibility index (Phi) is 8.89. The number of hydrogen-bond donors (Lipinski definition) is 1. The van der Waals surface area contributed by atoms with Crippen LogP contribution in [0.3, 0.4) is 0 Å². The van der Waals surface area contributed by atoms with E-state index in [1.165, 1.54) is 12.1 Å². The molecule has 0 unspecified atom stereocenters. The van der Waals surface area contributed by atoms with E-state index < -0.39 is 29.0 Å². The Labute approximate surface area is 178 Å². The topological polar surface area (TPSA) is 117 Å². The van der Waals surface area contributed by atoms with Gasteiger partial charge in [0.05, 0.1) is 11.5 Å². The lowest BCUT2D eigenvalue weighted by atomic mass is 10.2. The Morgan fingerprint density at radius 3 is 2.27 bits per heavy atom. The molecule has 0 atom stereocenters. The second-order valence-corrected chi connectivity index (χ2v) is 6.40. The van der Waals surface area contributed by atoms with Gasteiger partial charge in [-0.15, -0.1) is 0 Å². The maximum atomic E-state index is 12.0. The maximum Gasteiger partial charge on any atom is 0.325 e. The number of nitro benzene ring substituents is 1. The van der Waals surface area contributed by atoms with Crippen LogP contribution in [-0.4, -0.2) is 43.2 Å². The molecule has 0 bridgehead atoms. The van der Waals surface area contributed by atoms with Crippen molar-refractivity contribution in [3.8, 4) is 11.5 Å². The van der Waals surface area contributed by atoms with Gasteiger partial charge in [-0.2, -0.15) is 0 Å². The number of carbonyl (C=O) groups excluding carboxylic acids is 2. The van der Waals surface area contributed by atoms with Crippen LogP contribution in [0.15, 0.2) is 42.5 Å². The largest absolute Gasteiger partial charge is 0.494 e. The van der Waals surface area contributed by atoms with Crippen molar-refractivity contribution < 1.29 is 28.7 Å². The second kappa shape index (κ2) is 11.6. The fourth-order valence-corrected chi connectivity index (χ4v) is 2.45. The summed E-state index contributed by atoms with van der Waals surface area (Å²) in [5.41, 5.74) is -0.386. The van der Waals surface area contributed by atoms with Crippen molar-refractivity contribution in [2.75, 3.05) is 26.4 Å². The van der Waals surface area contributed by atoms with Crippen LogP contribution in [0.5, 0.6) is 11.5 Å². The Balaban J connectivity index is 1.69. The number of carbonyl (C=O) groups is 2. The van der Waals surface area contributed by atoms with E-state index in [1.807, 2.05) is 6.92 Å². The van der Waals surface area contributed by atoms with Crippen molar-refractivity contribution in [3.05, 3.63) is 63.2 Å². The number of rotatable bonds is 11. The molecule has 2 rings (SSSR count). The number of esters is 1. The van der Waals surface area contributed by atoms with Gasteiger partial charge in [-0.25, -0.2) is 0 Å². The molecule has 30 heavy (non-hydrogen) atoms. The number of ether oxygens (including phenoxy) is 3. The molecule has 1 amide bonds. The zero-order chi connectivity index (χ0) is 21.9. The van der Waals surface area contributed by atoms with Crippen LogP contribution in [0.1, 0.15) is 23.7 Å². The third-order valence-corrected chi connectivity index (χ3v) is 4.03. The molecule has 2 aromatic rings. The van der Waals surface area contributed by atoms with Crippen LogP contribution in [-0.2, 0) is 9.53 Å². The van der Waals surface area contributed by atoms with Gasteiger partial charge in [0.15, 0.2) is 0 Å². The highest BCUT2D eigenvalue weighted by Gasteiger charge is 2.17.